The summed E-state index contributed by atoms with van der Waals surface area (Å²) >= 11 is 0. The molecule has 2 aliphatic rings. The van der Waals surface area contributed by atoms with E-state index in [4.69, 9.17) is 0 Å². The Morgan fingerprint density at radius 3 is 2.31 bits per heavy atom. The number of carbonyl (C=O) groups excluding carboxylic acids is 1. The van der Waals surface area contributed by atoms with Crippen molar-refractivity contribution in [2.75, 3.05) is 26.2 Å². The largest absolute Gasteiger partial charge is 0.340 e. The van der Waals surface area contributed by atoms with E-state index < -0.39 is 0 Å². The fourth-order valence-corrected chi connectivity index (χ4v) is 2.98. The molecule has 0 aromatic heterocycles. The maximum absolute atomic E-state index is 11.7. The third kappa shape index (κ3) is 2.76. The van der Waals surface area contributed by atoms with Crippen LogP contribution >= 0.6 is 0 Å². The monoisotopic (exact) mass is 224 g/mol. The second-order valence-electron chi connectivity index (χ2n) is 5.11. The molecule has 0 aromatic carbocycles. The first-order valence-corrected chi connectivity index (χ1v) is 6.83. The van der Waals surface area contributed by atoms with Gasteiger partial charge in [0.2, 0.25) is 5.91 Å². The lowest BCUT2D eigenvalue weighted by Crippen LogP contribution is -2.51. The Morgan fingerprint density at radius 2 is 1.75 bits per heavy atom. The maximum Gasteiger partial charge on any atom is 0.222 e. The summed E-state index contributed by atoms with van der Waals surface area (Å²) in [6.45, 7) is 6.18. The first kappa shape index (κ1) is 11.9. The zero-order valence-electron chi connectivity index (χ0n) is 10.5. The summed E-state index contributed by atoms with van der Waals surface area (Å²) in [7, 11) is 0. The molecule has 2 rings (SSSR count). The van der Waals surface area contributed by atoms with Crippen molar-refractivity contribution in [3.8, 4) is 0 Å². The summed E-state index contributed by atoms with van der Waals surface area (Å²) in [5.41, 5.74) is 0. The van der Waals surface area contributed by atoms with E-state index in [0.717, 1.165) is 45.1 Å². The SMILES string of the molecule is CCCC(=O)N1CCN(C2CCCC2)CC1. The van der Waals surface area contributed by atoms with Gasteiger partial charge in [-0.05, 0) is 19.3 Å². The van der Waals surface area contributed by atoms with Crippen LogP contribution in [-0.4, -0.2) is 47.9 Å². The Bertz CT molecular complexity index is 228. The predicted octanol–water partition coefficient (Wildman–Crippen LogP) is 1.87. The summed E-state index contributed by atoms with van der Waals surface area (Å²) in [6, 6.07) is 0.823. The lowest BCUT2D eigenvalue weighted by molar-refractivity contribution is -0.133. The Morgan fingerprint density at radius 1 is 1.12 bits per heavy atom. The van der Waals surface area contributed by atoms with E-state index in [-0.39, 0.29) is 0 Å². The Kier molecular flexibility index (Phi) is 4.22. The fraction of sp³-hybridized carbons (Fsp3) is 0.923. The molecule has 1 saturated carbocycles. The molecular formula is C13H24N2O. The summed E-state index contributed by atoms with van der Waals surface area (Å²) in [5.74, 6) is 0.355. The van der Waals surface area contributed by atoms with Gasteiger partial charge >= 0.3 is 0 Å². The molecule has 2 fully saturated rings. The van der Waals surface area contributed by atoms with Crippen LogP contribution in [0, 0.1) is 0 Å². The van der Waals surface area contributed by atoms with Gasteiger partial charge in [0.05, 0.1) is 0 Å². The molecule has 3 nitrogen and oxygen atoms in total. The van der Waals surface area contributed by atoms with Crippen LogP contribution in [0.4, 0.5) is 0 Å². The van der Waals surface area contributed by atoms with Gasteiger partial charge in [-0.3, -0.25) is 9.69 Å². The molecule has 1 saturated heterocycles. The third-order valence-electron chi connectivity index (χ3n) is 3.97. The van der Waals surface area contributed by atoms with Gasteiger partial charge in [0.1, 0.15) is 0 Å². The quantitative estimate of drug-likeness (QED) is 0.730. The Hall–Kier alpha value is -0.570. The average molecular weight is 224 g/mol. The topological polar surface area (TPSA) is 23.6 Å². The highest BCUT2D eigenvalue weighted by atomic mass is 16.2. The first-order chi connectivity index (χ1) is 7.81. The highest BCUT2D eigenvalue weighted by Crippen LogP contribution is 2.24. The molecule has 0 bridgehead atoms. The van der Waals surface area contributed by atoms with Crippen molar-refractivity contribution in [1.29, 1.82) is 0 Å². The van der Waals surface area contributed by atoms with E-state index in [0.29, 0.717) is 5.91 Å². The van der Waals surface area contributed by atoms with E-state index in [1.807, 2.05) is 0 Å². The van der Waals surface area contributed by atoms with Crippen LogP contribution in [0.1, 0.15) is 45.4 Å². The number of rotatable bonds is 3. The molecule has 0 N–H and O–H groups in total. The molecule has 92 valence electrons. The van der Waals surface area contributed by atoms with Crippen molar-refractivity contribution in [3.63, 3.8) is 0 Å². The highest BCUT2D eigenvalue weighted by molar-refractivity contribution is 5.76. The number of hydrogen-bond acceptors (Lipinski definition) is 2. The van der Waals surface area contributed by atoms with Crippen LogP contribution in [-0.2, 0) is 4.79 Å². The van der Waals surface area contributed by atoms with Crippen molar-refractivity contribution in [2.45, 2.75) is 51.5 Å². The van der Waals surface area contributed by atoms with E-state index in [9.17, 15) is 4.79 Å². The lowest BCUT2D eigenvalue weighted by atomic mass is 10.1. The molecule has 0 atom stereocenters. The second kappa shape index (κ2) is 5.67. The molecular weight excluding hydrogens is 200 g/mol. The highest BCUT2D eigenvalue weighted by Gasteiger charge is 2.27. The van der Waals surface area contributed by atoms with E-state index in [1.165, 1.54) is 25.7 Å². The molecule has 0 aromatic rings. The summed E-state index contributed by atoms with van der Waals surface area (Å²) in [5, 5.41) is 0. The van der Waals surface area contributed by atoms with Gasteiger partial charge in [-0.1, -0.05) is 19.8 Å². The van der Waals surface area contributed by atoms with Crippen LogP contribution in [0.3, 0.4) is 0 Å². The van der Waals surface area contributed by atoms with Gasteiger partial charge < -0.3 is 4.90 Å². The molecule has 3 heteroatoms. The van der Waals surface area contributed by atoms with Crippen molar-refractivity contribution in [2.24, 2.45) is 0 Å². The lowest BCUT2D eigenvalue weighted by Gasteiger charge is -2.38. The van der Waals surface area contributed by atoms with Crippen LogP contribution in [0.25, 0.3) is 0 Å². The average Bonchev–Trinajstić information content (AvgIpc) is 2.83. The van der Waals surface area contributed by atoms with E-state index >= 15 is 0 Å². The molecule has 1 heterocycles. The number of piperazine rings is 1. The van der Waals surface area contributed by atoms with Crippen molar-refractivity contribution < 1.29 is 4.79 Å². The zero-order chi connectivity index (χ0) is 11.4. The van der Waals surface area contributed by atoms with E-state index in [1.54, 1.807) is 0 Å². The Labute approximate surface area is 98.8 Å². The molecule has 1 aliphatic heterocycles. The van der Waals surface area contributed by atoms with Gasteiger partial charge in [0.25, 0.3) is 0 Å². The molecule has 16 heavy (non-hydrogen) atoms. The maximum atomic E-state index is 11.7. The first-order valence-electron chi connectivity index (χ1n) is 6.83. The smallest absolute Gasteiger partial charge is 0.222 e. The van der Waals surface area contributed by atoms with Crippen LogP contribution in [0.2, 0.25) is 0 Å². The normalized spacial score (nSPS) is 23.9. The zero-order valence-corrected chi connectivity index (χ0v) is 10.5. The van der Waals surface area contributed by atoms with Crippen LogP contribution < -0.4 is 0 Å². The molecule has 0 unspecified atom stereocenters. The van der Waals surface area contributed by atoms with Crippen LogP contribution in [0.5, 0.6) is 0 Å². The molecule has 1 aliphatic carbocycles. The summed E-state index contributed by atoms with van der Waals surface area (Å²) in [6.07, 6.45) is 7.26. The molecule has 1 amide bonds. The fourth-order valence-electron chi connectivity index (χ4n) is 2.98. The molecule has 0 spiro atoms. The van der Waals surface area contributed by atoms with Gasteiger partial charge in [0, 0.05) is 38.6 Å². The summed E-state index contributed by atoms with van der Waals surface area (Å²) in [4.78, 5) is 16.4. The predicted molar refractivity (Wildman–Crippen MR) is 65.3 cm³/mol. The number of carbonyl (C=O) groups is 1. The Balaban J connectivity index is 1.75. The number of hydrogen-bond donors (Lipinski definition) is 0. The van der Waals surface area contributed by atoms with Crippen molar-refractivity contribution in [1.82, 2.24) is 9.80 Å². The minimum Gasteiger partial charge on any atom is -0.340 e. The molecule has 0 radical (unpaired) electrons. The minimum atomic E-state index is 0.355. The van der Waals surface area contributed by atoms with Gasteiger partial charge in [0.15, 0.2) is 0 Å². The minimum absolute atomic E-state index is 0.355. The standard InChI is InChI=1S/C13H24N2O/c1-2-5-13(16)15-10-8-14(9-11-15)12-6-3-4-7-12/h12H,2-11H2,1H3. The van der Waals surface area contributed by atoms with Crippen molar-refractivity contribution in [3.05, 3.63) is 0 Å². The second-order valence-corrected chi connectivity index (χ2v) is 5.11. The van der Waals surface area contributed by atoms with Crippen LogP contribution in [0.15, 0.2) is 0 Å². The van der Waals surface area contributed by atoms with Gasteiger partial charge in [-0.15, -0.1) is 0 Å². The van der Waals surface area contributed by atoms with Gasteiger partial charge in [-0.25, -0.2) is 0 Å². The number of nitrogens with zero attached hydrogens (tertiary/aromatic N) is 2. The summed E-state index contributed by atoms with van der Waals surface area (Å²) < 4.78 is 0. The van der Waals surface area contributed by atoms with E-state index in [2.05, 4.69) is 16.7 Å². The van der Waals surface area contributed by atoms with Crippen molar-refractivity contribution >= 4 is 5.91 Å². The third-order valence-corrected chi connectivity index (χ3v) is 3.97. The van der Waals surface area contributed by atoms with Gasteiger partial charge in [-0.2, -0.15) is 0 Å². The number of amides is 1.